The van der Waals surface area contributed by atoms with Crippen molar-refractivity contribution in [1.29, 1.82) is 0 Å². The fourth-order valence-electron chi connectivity index (χ4n) is 5.27. The molecule has 8 heteroatoms. The van der Waals surface area contributed by atoms with Gasteiger partial charge in [-0.25, -0.2) is 4.98 Å². The zero-order valence-corrected chi connectivity index (χ0v) is 22.2. The van der Waals surface area contributed by atoms with E-state index in [1.54, 1.807) is 6.20 Å². The predicted octanol–water partition coefficient (Wildman–Crippen LogP) is 3.97. The lowest BCUT2D eigenvalue weighted by Crippen LogP contribution is -2.46. The molecule has 2 aromatic rings. The Morgan fingerprint density at radius 3 is 2.58 bits per heavy atom. The monoisotopic (exact) mass is 492 g/mol. The van der Waals surface area contributed by atoms with Gasteiger partial charge in [0.15, 0.2) is 0 Å². The zero-order valence-electron chi connectivity index (χ0n) is 22.2. The maximum Gasteiger partial charge on any atom is 0.253 e. The number of rotatable bonds is 9. The second kappa shape index (κ2) is 11.7. The van der Waals surface area contributed by atoms with Crippen LogP contribution in [-0.2, 0) is 11.2 Å². The first kappa shape index (κ1) is 25.9. The summed E-state index contributed by atoms with van der Waals surface area (Å²) in [7, 11) is 5.79. The Bertz CT molecular complexity index is 1060. The lowest BCUT2D eigenvalue weighted by atomic mass is 10.0. The van der Waals surface area contributed by atoms with Crippen molar-refractivity contribution in [2.75, 3.05) is 44.0 Å². The molecule has 2 amide bonds. The normalized spacial score (nSPS) is 17.6. The number of nitrogens with one attached hydrogen (secondary N) is 1. The molecule has 0 saturated carbocycles. The van der Waals surface area contributed by atoms with Gasteiger partial charge in [-0.3, -0.25) is 9.59 Å². The van der Waals surface area contributed by atoms with Gasteiger partial charge in [-0.15, -0.1) is 0 Å². The number of carbonyl (C=O) groups is 2. The highest BCUT2D eigenvalue weighted by molar-refractivity contribution is 5.94. The number of amides is 2. The number of fused-ring (bicyclic) bond motifs is 1. The molecule has 1 aliphatic heterocycles. The van der Waals surface area contributed by atoms with Gasteiger partial charge in [0, 0.05) is 58.5 Å². The number of anilines is 2. The third-order valence-corrected chi connectivity index (χ3v) is 7.50. The van der Waals surface area contributed by atoms with Crippen molar-refractivity contribution < 1.29 is 9.59 Å². The molecule has 1 aliphatic carbocycles. The highest BCUT2D eigenvalue weighted by Gasteiger charge is 2.29. The lowest BCUT2D eigenvalue weighted by Gasteiger charge is -2.37. The van der Waals surface area contributed by atoms with Crippen molar-refractivity contribution in [3.05, 3.63) is 47.2 Å². The number of hydrogen-bond acceptors (Lipinski definition) is 6. The fraction of sp³-hybridized carbons (Fsp3) is 0.571. The van der Waals surface area contributed by atoms with Crippen molar-refractivity contribution >= 4 is 23.6 Å². The van der Waals surface area contributed by atoms with Crippen LogP contribution in [0.5, 0.6) is 0 Å². The number of carbonyl (C=O) groups excluding carboxylic acids is 2. The van der Waals surface area contributed by atoms with Gasteiger partial charge in [0.2, 0.25) is 11.9 Å². The summed E-state index contributed by atoms with van der Waals surface area (Å²) < 4.78 is 0. The smallest absolute Gasteiger partial charge is 0.253 e. The topological polar surface area (TPSA) is 81.7 Å². The lowest BCUT2D eigenvalue weighted by molar-refractivity contribution is -0.121. The Labute approximate surface area is 215 Å². The molecule has 2 heterocycles. The number of piperidine rings is 1. The van der Waals surface area contributed by atoms with Gasteiger partial charge in [0.1, 0.15) is 5.82 Å². The van der Waals surface area contributed by atoms with Gasteiger partial charge in [0.05, 0.1) is 6.04 Å². The molecule has 2 aliphatic rings. The van der Waals surface area contributed by atoms with Crippen LogP contribution in [0.3, 0.4) is 0 Å². The predicted molar refractivity (Wildman–Crippen MR) is 143 cm³/mol. The molecule has 194 valence electrons. The first-order chi connectivity index (χ1) is 17.4. The molecular formula is C28H40N6O2. The summed E-state index contributed by atoms with van der Waals surface area (Å²) in [6.45, 7) is 3.84. The van der Waals surface area contributed by atoms with Crippen molar-refractivity contribution in [1.82, 2.24) is 20.2 Å². The third kappa shape index (κ3) is 5.97. The molecule has 36 heavy (non-hydrogen) atoms. The number of benzene rings is 1. The van der Waals surface area contributed by atoms with Gasteiger partial charge in [-0.1, -0.05) is 25.8 Å². The highest BCUT2D eigenvalue weighted by atomic mass is 16.2. The number of unbranched alkanes of at least 4 members (excludes halogenated alkanes) is 2. The molecular weight excluding hydrogens is 452 g/mol. The van der Waals surface area contributed by atoms with Crippen molar-refractivity contribution in [3.8, 4) is 0 Å². The maximum atomic E-state index is 13.4. The van der Waals surface area contributed by atoms with E-state index in [1.165, 1.54) is 5.56 Å². The summed E-state index contributed by atoms with van der Waals surface area (Å²) in [6, 6.07) is 8.17. The molecule has 0 radical (unpaired) electrons. The van der Waals surface area contributed by atoms with E-state index in [-0.39, 0.29) is 23.9 Å². The number of hydrogen-bond donors (Lipinski definition) is 1. The van der Waals surface area contributed by atoms with E-state index in [0.29, 0.717) is 17.9 Å². The molecule has 1 saturated heterocycles. The van der Waals surface area contributed by atoms with E-state index in [9.17, 15) is 9.59 Å². The molecule has 4 rings (SSSR count). The summed E-state index contributed by atoms with van der Waals surface area (Å²) in [5, 5.41) is 3.20. The van der Waals surface area contributed by atoms with Gasteiger partial charge in [-0.05, 0) is 61.4 Å². The highest BCUT2D eigenvalue weighted by Crippen LogP contribution is 2.32. The standard InChI is InChI=1S/C28H40N6O2/c1-5-6-7-8-26(35)30-24-12-11-20-9-10-21(19-23(20)24)27(36)33(4)22-14-17-34(18-15-22)25-13-16-29-28(31-25)32(2)3/h9-10,13,16,19,22,24H,5-8,11-12,14-15,17-18H2,1-4H3,(H,30,35)/t24-/m1/s1. The van der Waals surface area contributed by atoms with Crippen molar-refractivity contribution in [2.24, 2.45) is 0 Å². The number of nitrogens with zero attached hydrogens (tertiary/aromatic N) is 5. The van der Waals surface area contributed by atoms with Gasteiger partial charge >= 0.3 is 0 Å². The Morgan fingerprint density at radius 2 is 1.86 bits per heavy atom. The van der Waals surface area contributed by atoms with Crippen LogP contribution in [0, 0.1) is 0 Å². The maximum absolute atomic E-state index is 13.4. The molecule has 1 N–H and O–H groups in total. The zero-order chi connectivity index (χ0) is 25.7. The van der Waals surface area contributed by atoms with Crippen LogP contribution in [0.4, 0.5) is 11.8 Å². The van der Waals surface area contributed by atoms with E-state index in [2.05, 4.69) is 33.2 Å². The first-order valence-electron chi connectivity index (χ1n) is 13.3. The molecule has 1 atom stereocenters. The van der Waals surface area contributed by atoms with Gasteiger partial charge < -0.3 is 20.0 Å². The molecule has 0 bridgehead atoms. The Morgan fingerprint density at radius 1 is 1.08 bits per heavy atom. The number of aryl methyl sites for hydroxylation is 1. The molecule has 0 unspecified atom stereocenters. The van der Waals surface area contributed by atoms with E-state index in [1.807, 2.05) is 49.1 Å². The van der Waals surface area contributed by atoms with Crippen LogP contribution in [0.1, 0.15) is 79.4 Å². The van der Waals surface area contributed by atoms with Crippen LogP contribution < -0.4 is 15.1 Å². The van der Waals surface area contributed by atoms with E-state index in [4.69, 9.17) is 0 Å². The summed E-state index contributed by atoms with van der Waals surface area (Å²) >= 11 is 0. The van der Waals surface area contributed by atoms with Crippen LogP contribution >= 0.6 is 0 Å². The minimum absolute atomic E-state index is 0.00957. The number of aromatic nitrogens is 2. The first-order valence-corrected chi connectivity index (χ1v) is 13.3. The average Bonchev–Trinajstić information content (AvgIpc) is 3.29. The van der Waals surface area contributed by atoms with Crippen LogP contribution in [-0.4, -0.2) is 67.0 Å². The largest absolute Gasteiger partial charge is 0.356 e. The second-order valence-corrected chi connectivity index (χ2v) is 10.3. The van der Waals surface area contributed by atoms with Crippen molar-refractivity contribution in [2.45, 2.75) is 70.4 Å². The van der Waals surface area contributed by atoms with Gasteiger partial charge in [0.25, 0.3) is 5.91 Å². The third-order valence-electron chi connectivity index (χ3n) is 7.50. The van der Waals surface area contributed by atoms with Gasteiger partial charge in [-0.2, -0.15) is 4.98 Å². The fourth-order valence-corrected chi connectivity index (χ4v) is 5.27. The molecule has 8 nitrogen and oxygen atoms in total. The Hall–Kier alpha value is -3.16. The summed E-state index contributed by atoms with van der Waals surface area (Å²) in [6.07, 6.45) is 9.12. The molecule has 1 aromatic carbocycles. The van der Waals surface area contributed by atoms with E-state index in [0.717, 1.165) is 69.4 Å². The Kier molecular flexibility index (Phi) is 8.44. The van der Waals surface area contributed by atoms with Crippen LogP contribution in [0.15, 0.2) is 30.5 Å². The second-order valence-electron chi connectivity index (χ2n) is 10.3. The van der Waals surface area contributed by atoms with E-state index < -0.39 is 0 Å². The SMILES string of the molecule is CCCCCC(=O)N[C@@H]1CCc2ccc(C(=O)N(C)C3CCN(c4ccnc(N(C)C)n4)CC3)cc21. The molecule has 0 spiro atoms. The summed E-state index contributed by atoms with van der Waals surface area (Å²) in [5.41, 5.74) is 3.05. The van der Waals surface area contributed by atoms with Crippen LogP contribution in [0.2, 0.25) is 0 Å². The van der Waals surface area contributed by atoms with Crippen LogP contribution in [0.25, 0.3) is 0 Å². The average molecular weight is 493 g/mol. The molecule has 1 aromatic heterocycles. The summed E-state index contributed by atoms with van der Waals surface area (Å²) in [5.74, 6) is 1.80. The minimum atomic E-state index is 0.00957. The Balaban J connectivity index is 1.36. The van der Waals surface area contributed by atoms with E-state index >= 15 is 0 Å². The minimum Gasteiger partial charge on any atom is -0.356 e. The summed E-state index contributed by atoms with van der Waals surface area (Å²) in [4.78, 5) is 40.9. The van der Waals surface area contributed by atoms with Crippen molar-refractivity contribution in [3.63, 3.8) is 0 Å². The molecule has 1 fully saturated rings. The quantitative estimate of drug-likeness (QED) is 0.534.